The molecule has 0 bridgehead atoms. The fourth-order valence-corrected chi connectivity index (χ4v) is 2.67. The van der Waals surface area contributed by atoms with Crippen LogP contribution in [0.2, 0.25) is 5.02 Å². The van der Waals surface area contributed by atoms with Gasteiger partial charge in [-0.15, -0.1) is 0 Å². The maximum absolute atomic E-state index is 6.12. The van der Waals surface area contributed by atoms with Crippen molar-refractivity contribution in [1.29, 1.82) is 0 Å². The van der Waals surface area contributed by atoms with Gasteiger partial charge in [-0.25, -0.2) is 0 Å². The summed E-state index contributed by atoms with van der Waals surface area (Å²) in [6.45, 7) is 2.08. The Balaban J connectivity index is 1.85. The summed E-state index contributed by atoms with van der Waals surface area (Å²) in [5, 5.41) is 0.556. The minimum absolute atomic E-state index is 0.556. The number of aromatic nitrogens is 1. The fraction of sp³-hybridized carbons (Fsp3) is 0.105. The second kappa shape index (κ2) is 6.71. The molecule has 0 saturated heterocycles. The Bertz CT molecular complexity index is 838. The molecule has 0 spiro atoms. The molecule has 0 amide bonds. The SMILES string of the molecule is COc1ccc(N=Cc2cc(C)n(-c3ccccc3)c2)cc1Cl. The van der Waals surface area contributed by atoms with E-state index in [1.165, 1.54) is 0 Å². The summed E-state index contributed by atoms with van der Waals surface area (Å²) in [6.07, 6.45) is 3.91. The average Bonchev–Trinajstić information content (AvgIpc) is 2.95. The van der Waals surface area contributed by atoms with Crippen LogP contribution in [0.3, 0.4) is 0 Å². The number of nitrogens with zero attached hydrogens (tertiary/aromatic N) is 2. The summed E-state index contributed by atoms with van der Waals surface area (Å²) in [5.41, 5.74) is 4.13. The standard InChI is InChI=1S/C19H17ClN2O/c1-14-10-15(13-22(14)17-6-4-3-5-7-17)12-21-16-8-9-19(23-2)18(20)11-16/h3-13H,1-2H3. The van der Waals surface area contributed by atoms with Crippen LogP contribution in [-0.2, 0) is 0 Å². The lowest BCUT2D eigenvalue weighted by Crippen LogP contribution is -1.93. The highest BCUT2D eigenvalue weighted by Crippen LogP contribution is 2.28. The Hall–Kier alpha value is -2.52. The largest absolute Gasteiger partial charge is 0.495 e. The van der Waals surface area contributed by atoms with Crippen molar-refractivity contribution in [3.63, 3.8) is 0 Å². The van der Waals surface area contributed by atoms with E-state index < -0.39 is 0 Å². The van der Waals surface area contributed by atoms with Crippen molar-refractivity contribution in [3.05, 3.63) is 77.1 Å². The van der Waals surface area contributed by atoms with Gasteiger partial charge in [-0.3, -0.25) is 4.99 Å². The Morgan fingerprint density at radius 1 is 1.09 bits per heavy atom. The monoisotopic (exact) mass is 324 g/mol. The van der Waals surface area contributed by atoms with Gasteiger partial charge in [0.05, 0.1) is 17.8 Å². The molecule has 0 radical (unpaired) electrons. The summed E-state index contributed by atoms with van der Waals surface area (Å²) in [6, 6.07) is 17.8. The second-order valence-electron chi connectivity index (χ2n) is 5.20. The van der Waals surface area contributed by atoms with Gasteiger partial charge in [-0.1, -0.05) is 29.8 Å². The van der Waals surface area contributed by atoms with E-state index in [0.29, 0.717) is 10.8 Å². The molecule has 0 atom stereocenters. The lowest BCUT2D eigenvalue weighted by atomic mass is 10.3. The molecule has 3 nitrogen and oxygen atoms in total. The third kappa shape index (κ3) is 3.46. The highest BCUT2D eigenvalue weighted by Gasteiger charge is 2.03. The van der Waals surface area contributed by atoms with Crippen LogP contribution in [0.15, 0.2) is 65.8 Å². The predicted molar refractivity (Wildman–Crippen MR) is 95.8 cm³/mol. The molecule has 0 aliphatic carbocycles. The normalized spacial score (nSPS) is 11.1. The van der Waals surface area contributed by atoms with Crippen molar-refractivity contribution in [3.8, 4) is 11.4 Å². The zero-order valence-electron chi connectivity index (χ0n) is 13.0. The maximum Gasteiger partial charge on any atom is 0.137 e. The average molecular weight is 325 g/mol. The molecule has 1 heterocycles. The number of hydrogen-bond donors (Lipinski definition) is 0. The molecule has 23 heavy (non-hydrogen) atoms. The molecule has 0 aliphatic heterocycles. The molecule has 0 saturated carbocycles. The van der Waals surface area contributed by atoms with Crippen molar-refractivity contribution in [1.82, 2.24) is 4.57 Å². The second-order valence-corrected chi connectivity index (χ2v) is 5.60. The summed E-state index contributed by atoms with van der Waals surface area (Å²) in [7, 11) is 1.60. The van der Waals surface area contributed by atoms with Crippen molar-refractivity contribution in [2.75, 3.05) is 7.11 Å². The number of methoxy groups -OCH3 is 1. The highest BCUT2D eigenvalue weighted by atomic mass is 35.5. The predicted octanol–water partition coefficient (Wildman–Crippen LogP) is 5.20. The van der Waals surface area contributed by atoms with Gasteiger partial charge in [0.25, 0.3) is 0 Å². The number of halogens is 1. The van der Waals surface area contributed by atoms with Gasteiger partial charge in [-0.2, -0.15) is 0 Å². The number of ether oxygens (including phenoxy) is 1. The highest BCUT2D eigenvalue weighted by molar-refractivity contribution is 6.32. The third-order valence-corrected chi connectivity index (χ3v) is 3.86. The lowest BCUT2D eigenvalue weighted by molar-refractivity contribution is 0.415. The van der Waals surface area contributed by atoms with E-state index >= 15 is 0 Å². The topological polar surface area (TPSA) is 26.5 Å². The Morgan fingerprint density at radius 2 is 1.87 bits per heavy atom. The zero-order chi connectivity index (χ0) is 16.2. The summed E-state index contributed by atoms with van der Waals surface area (Å²) in [4.78, 5) is 4.48. The van der Waals surface area contributed by atoms with Crippen LogP contribution in [0.25, 0.3) is 5.69 Å². The van der Waals surface area contributed by atoms with Gasteiger partial charge in [-0.05, 0) is 43.3 Å². The third-order valence-electron chi connectivity index (χ3n) is 3.57. The molecule has 0 aliphatic rings. The van der Waals surface area contributed by atoms with Crippen LogP contribution in [-0.4, -0.2) is 17.9 Å². The smallest absolute Gasteiger partial charge is 0.137 e. The molecule has 1 aromatic heterocycles. The van der Waals surface area contributed by atoms with Crippen LogP contribution < -0.4 is 4.74 Å². The first kappa shape index (κ1) is 15.4. The molecule has 116 valence electrons. The van der Waals surface area contributed by atoms with Gasteiger partial charge >= 0.3 is 0 Å². The molecule has 2 aromatic carbocycles. The number of aliphatic imine (C=N–C) groups is 1. The molecule has 0 fully saturated rings. The Labute approximate surface area is 140 Å². The molecule has 3 aromatic rings. The van der Waals surface area contributed by atoms with Gasteiger partial charge in [0.15, 0.2) is 0 Å². The zero-order valence-corrected chi connectivity index (χ0v) is 13.8. The molecular formula is C19H17ClN2O. The van der Waals surface area contributed by atoms with E-state index in [2.05, 4.69) is 40.9 Å². The summed E-state index contributed by atoms with van der Waals surface area (Å²) >= 11 is 6.12. The first-order valence-corrected chi connectivity index (χ1v) is 7.67. The minimum atomic E-state index is 0.556. The van der Waals surface area contributed by atoms with Gasteiger partial charge in [0.1, 0.15) is 5.75 Å². The summed E-state index contributed by atoms with van der Waals surface area (Å²) < 4.78 is 7.28. The van der Waals surface area contributed by atoms with Crippen LogP contribution >= 0.6 is 11.6 Å². The van der Waals surface area contributed by atoms with Crippen LogP contribution in [0.4, 0.5) is 5.69 Å². The van der Waals surface area contributed by atoms with E-state index in [1.54, 1.807) is 13.2 Å². The van der Waals surface area contributed by atoms with E-state index in [1.807, 2.05) is 36.5 Å². The van der Waals surface area contributed by atoms with E-state index in [9.17, 15) is 0 Å². The molecular weight excluding hydrogens is 308 g/mol. The van der Waals surface area contributed by atoms with Crippen molar-refractivity contribution in [2.24, 2.45) is 4.99 Å². The fourth-order valence-electron chi connectivity index (χ4n) is 2.42. The summed E-state index contributed by atoms with van der Waals surface area (Å²) in [5.74, 6) is 0.650. The van der Waals surface area contributed by atoms with Crippen molar-refractivity contribution < 1.29 is 4.74 Å². The van der Waals surface area contributed by atoms with Crippen molar-refractivity contribution >= 4 is 23.5 Å². The molecule has 0 unspecified atom stereocenters. The number of benzene rings is 2. The van der Waals surface area contributed by atoms with Gasteiger partial charge in [0.2, 0.25) is 0 Å². The van der Waals surface area contributed by atoms with Crippen LogP contribution in [0.5, 0.6) is 5.75 Å². The molecule has 3 rings (SSSR count). The number of para-hydroxylation sites is 1. The van der Waals surface area contributed by atoms with Gasteiger partial charge in [0, 0.05) is 29.4 Å². The van der Waals surface area contributed by atoms with Crippen molar-refractivity contribution in [2.45, 2.75) is 6.92 Å². The maximum atomic E-state index is 6.12. The quantitative estimate of drug-likeness (QED) is 0.606. The first-order chi connectivity index (χ1) is 11.2. The van der Waals surface area contributed by atoms with Gasteiger partial charge < -0.3 is 9.30 Å². The number of aryl methyl sites for hydroxylation is 1. The minimum Gasteiger partial charge on any atom is -0.495 e. The molecule has 0 N–H and O–H groups in total. The van der Waals surface area contributed by atoms with Crippen LogP contribution in [0.1, 0.15) is 11.3 Å². The number of hydrogen-bond acceptors (Lipinski definition) is 2. The van der Waals surface area contributed by atoms with Crippen LogP contribution in [0, 0.1) is 6.92 Å². The first-order valence-electron chi connectivity index (χ1n) is 7.29. The Kier molecular flexibility index (Phi) is 4.49. The number of rotatable bonds is 4. The lowest BCUT2D eigenvalue weighted by Gasteiger charge is -2.04. The van der Waals surface area contributed by atoms with E-state index in [-0.39, 0.29) is 0 Å². The Morgan fingerprint density at radius 3 is 2.57 bits per heavy atom. The van der Waals surface area contributed by atoms with E-state index in [4.69, 9.17) is 16.3 Å². The molecule has 4 heteroatoms. The van der Waals surface area contributed by atoms with E-state index in [0.717, 1.165) is 22.6 Å².